The average Bonchev–Trinajstić information content (AvgIpc) is 2.54. The first-order valence-electron chi connectivity index (χ1n) is 7.16. The Kier molecular flexibility index (Phi) is 6.06. The van der Waals surface area contributed by atoms with E-state index < -0.39 is 12.0 Å². The Morgan fingerprint density at radius 2 is 2.05 bits per heavy atom. The van der Waals surface area contributed by atoms with Crippen molar-refractivity contribution in [3.8, 4) is 0 Å². The quantitative estimate of drug-likeness (QED) is 0.680. The van der Waals surface area contributed by atoms with Crippen LogP contribution in [0.15, 0.2) is 48.7 Å². The van der Waals surface area contributed by atoms with Gasteiger partial charge in [0.15, 0.2) is 0 Å². The molecule has 1 aromatic carbocycles. The van der Waals surface area contributed by atoms with Crippen molar-refractivity contribution in [2.24, 2.45) is 5.73 Å². The highest BCUT2D eigenvalue weighted by Gasteiger charge is 2.10. The van der Waals surface area contributed by atoms with Crippen LogP contribution in [0, 0.1) is 6.42 Å². The van der Waals surface area contributed by atoms with E-state index in [4.69, 9.17) is 5.73 Å². The molecule has 1 amide bonds. The largest absolute Gasteiger partial charge is 0.391 e. The van der Waals surface area contributed by atoms with E-state index in [-0.39, 0.29) is 5.69 Å². The lowest BCUT2D eigenvalue weighted by molar-refractivity contribution is 0.0994. The van der Waals surface area contributed by atoms with Crippen LogP contribution < -0.4 is 11.1 Å². The van der Waals surface area contributed by atoms with Crippen LogP contribution in [0.3, 0.4) is 0 Å². The van der Waals surface area contributed by atoms with Crippen molar-refractivity contribution in [1.82, 2.24) is 10.3 Å². The maximum absolute atomic E-state index is 11.3. The minimum atomic E-state index is -0.561. The number of primary amides is 1. The van der Waals surface area contributed by atoms with Crippen molar-refractivity contribution >= 4 is 5.91 Å². The first-order valence-corrected chi connectivity index (χ1v) is 7.16. The second kappa shape index (κ2) is 8.26. The lowest BCUT2D eigenvalue weighted by Crippen LogP contribution is -2.28. The number of nitrogens with zero attached hydrogens (tertiary/aromatic N) is 1. The number of nitrogens with two attached hydrogens (primary N) is 1. The van der Waals surface area contributed by atoms with Crippen LogP contribution in [0.2, 0.25) is 0 Å². The highest BCUT2D eigenvalue weighted by Crippen LogP contribution is 2.06. The molecule has 5 nitrogen and oxygen atoms in total. The Bertz CT molecular complexity index is 602. The van der Waals surface area contributed by atoms with E-state index in [1.54, 1.807) is 12.1 Å². The summed E-state index contributed by atoms with van der Waals surface area (Å²) in [6.07, 6.45) is 3.53. The van der Waals surface area contributed by atoms with Crippen LogP contribution in [-0.2, 0) is 13.0 Å². The molecular weight excluding hydrogens is 278 g/mol. The Balaban J connectivity index is 1.75. The molecule has 0 aliphatic carbocycles. The highest BCUT2D eigenvalue weighted by molar-refractivity contribution is 5.92. The second-order valence-corrected chi connectivity index (χ2v) is 5.00. The zero-order valence-electron chi connectivity index (χ0n) is 12.3. The lowest BCUT2D eigenvalue weighted by atomic mass is 10.1. The average molecular weight is 298 g/mol. The van der Waals surface area contributed by atoms with Gasteiger partial charge >= 0.3 is 0 Å². The van der Waals surface area contributed by atoms with E-state index in [1.165, 1.54) is 6.20 Å². The number of rotatable bonds is 8. The predicted octanol–water partition coefficient (Wildman–Crippen LogP) is 1.08. The van der Waals surface area contributed by atoms with Gasteiger partial charge in [0.25, 0.3) is 5.91 Å². The van der Waals surface area contributed by atoms with Crippen molar-refractivity contribution in [1.29, 1.82) is 0 Å². The number of aromatic nitrogens is 1. The number of hydrogen-bond acceptors (Lipinski definition) is 4. The van der Waals surface area contributed by atoms with Gasteiger partial charge in [-0.2, -0.15) is 0 Å². The molecule has 0 aliphatic rings. The van der Waals surface area contributed by atoms with Crippen LogP contribution in [0.25, 0.3) is 0 Å². The van der Waals surface area contributed by atoms with Crippen LogP contribution in [0.4, 0.5) is 0 Å². The minimum absolute atomic E-state index is 0.262. The Morgan fingerprint density at radius 3 is 2.77 bits per heavy atom. The van der Waals surface area contributed by atoms with Crippen LogP contribution in [0.1, 0.15) is 21.6 Å². The molecule has 1 radical (unpaired) electrons. The fourth-order valence-electron chi connectivity index (χ4n) is 2.13. The third-order valence-electron chi connectivity index (χ3n) is 3.26. The Labute approximate surface area is 130 Å². The van der Waals surface area contributed by atoms with Crippen LogP contribution >= 0.6 is 0 Å². The zero-order chi connectivity index (χ0) is 15.8. The molecule has 2 aromatic rings. The lowest BCUT2D eigenvalue weighted by Gasteiger charge is -2.12. The fraction of sp³-hybridized carbons (Fsp3) is 0.235. The van der Waals surface area contributed by atoms with Gasteiger partial charge in [0.05, 0.1) is 6.10 Å². The molecular formula is C17H20N3O2. The number of hydrogen-bond donors (Lipinski definition) is 3. The van der Waals surface area contributed by atoms with Gasteiger partial charge in [-0.15, -0.1) is 0 Å². The molecule has 115 valence electrons. The van der Waals surface area contributed by atoms with Gasteiger partial charge in [0, 0.05) is 19.3 Å². The van der Waals surface area contributed by atoms with Crippen molar-refractivity contribution in [2.75, 3.05) is 6.54 Å². The number of aliphatic hydroxyl groups is 1. The summed E-state index contributed by atoms with van der Waals surface area (Å²) in [4.78, 5) is 15.2. The number of pyridine rings is 1. The Morgan fingerprint density at radius 1 is 1.27 bits per heavy atom. The van der Waals surface area contributed by atoms with Gasteiger partial charge in [-0.3, -0.25) is 9.78 Å². The van der Waals surface area contributed by atoms with Gasteiger partial charge in [0.2, 0.25) is 0 Å². The van der Waals surface area contributed by atoms with Crippen molar-refractivity contribution in [3.05, 3.63) is 71.9 Å². The molecule has 1 aromatic heterocycles. The monoisotopic (exact) mass is 298 g/mol. The first kappa shape index (κ1) is 16.1. The van der Waals surface area contributed by atoms with Gasteiger partial charge in [-0.05, 0) is 30.0 Å². The third kappa shape index (κ3) is 4.95. The summed E-state index contributed by atoms with van der Waals surface area (Å²) in [6, 6.07) is 13.5. The number of amides is 1. The molecule has 0 saturated carbocycles. The summed E-state index contributed by atoms with van der Waals surface area (Å²) in [5.41, 5.74) is 7.42. The summed E-state index contributed by atoms with van der Waals surface area (Å²) in [5, 5.41) is 13.0. The van der Waals surface area contributed by atoms with Gasteiger partial charge in [-0.25, -0.2) is 0 Å². The van der Waals surface area contributed by atoms with E-state index in [1.807, 2.05) is 36.8 Å². The SMILES string of the molecule is NC(=O)c1ncccc1CNC[C@H](O)[CH]Cc1ccccc1. The maximum atomic E-state index is 11.3. The first-order chi connectivity index (χ1) is 10.7. The van der Waals surface area contributed by atoms with Crippen LogP contribution in [0.5, 0.6) is 0 Å². The molecule has 1 heterocycles. The van der Waals surface area contributed by atoms with Crippen molar-refractivity contribution in [3.63, 3.8) is 0 Å². The topological polar surface area (TPSA) is 88.2 Å². The van der Waals surface area contributed by atoms with E-state index >= 15 is 0 Å². The summed E-state index contributed by atoms with van der Waals surface area (Å²) in [6.45, 7) is 0.836. The summed E-state index contributed by atoms with van der Waals surface area (Å²) in [5.74, 6) is -0.548. The summed E-state index contributed by atoms with van der Waals surface area (Å²) >= 11 is 0. The third-order valence-corrected chi connectivity index (χ3v) is 3.26. The molecule has 0 unspecified atom stereocenters. The molecule has 0 aliphatic heterocycles. The molecule has 4 N–H and O–H groups in total. The standard InChI is InChI=1S/C17H20N3O2/c18-17(22)16-14(7-4-10-20-16)11-19-12-15(21)9-8-13-5-2-1-3-6-13/h1-7,9-10,15,19,21H,8,11-12H2,(H2,18,22)/t15-/m1/s1. The van der Waals surface area contributed by atoms with E-state index in [9.17, 15) is 9.90 Å². The molecule has 0 saturated heterocycles. The second-order valence-electron chi connectivity index (χ2n) is 5.00. The van der Waals surface area contributed by atoms with Crippen LogP contribution in [-0.4, -0.2) is 28.6 Å². The normalized spacial score (nSPS) is 12.0. The molecule has 2 rings (SSSR count). The number of benzene rings is 1. The number of nitrogens with one attached hydrogen (secondary N) is 1. The summed E-state index contributed by atoms with van der Waals surface area (Å²) in [7, 11) is 0. The smallest absolute Gasteiger partial charge is 0.267 e. The van der Waals surface area contributed by atoms with E-state index in [0.29, 0.717) is 19.5 Å². The maximum Gasteiger partial charge on any atom is 0.267 e. The fourth-order valence-corrected chi connectivity index (χ4v) is 2.13. The highest BCUT2D eigenvalue weighted by atomic mass is 16.3. The zero-order valence-corrected chi connectivity index (χ0v) is 12.3. The molecule has 0 bridgehead atoms. The van der Waals surface area contributed by atoms with Crippen molar-refractivity contribution < 1.29 is 9.90 Å². The minimum Gasteiger partial charge on any atom is -0.391 e. The van der Waals surface area contributed by atoms with Gasteiger partial charge in [0.1, 0.15) is 5.69 Å². The number of aliphatic hydroxyl groups excluding tert-OH is 1. The van der Waals surface area contributed by atoms with Gasteiger partial charge < -0.3 is 16.2 Å². The molecule has 22 heavy (non-hydrogen) atoms. The van der Waals surface area contributed by atoms with Gasteiger partial charge in [-0.1, -0.05) is 36.4 Å². The molecule has 5 heteroatoms. The van der Waals surface area contributed by atoms with E-state index in [0.717, 1.165) is 11.1 Å². The Hall–Kier alpha value is -2.24. The molecule has 0 spiro atoms. The number of carbonyl (C=O) groups excluding carboxylic acids is 1. The van der Waals surface area contributed by atoms with Crippen molar-refractivity contribution in [2.45, 2.75) is 19.1 Å². The molecule has 0 fully saturated rings. The van der Waals surface area contributed by atoms with E-state index in [2.05, 4.69) is 10.3 Å². The summed E-state index contributed by atoms with van der Waals surface area (Å²) < 4.78 is 0. The number of carbonyl (C=O) groups is 1. The predicted molar refractivity (Wildman–Crippen MR) is 84.9 cm³/mol. The molecule has 1 atom stereocenters.